The van der Waals surface area contributed by atoms with Crippen LogP contribution in [-0.2, 0) is 19.6 Å². The Labute approximate surface area is 187 Å². The molecule has 0 aliphatic rings. The molecular weight excluding hydrogens is 428 g/mol. The van der Waals surface area contributed by atoms with Crippen molar-refractivity contribution in [1.29, 1.82) is 0 Å². The zero-order valence-corrected chi connectivity index (χ0v) is 18.6. The van der Waals surface area contributed by atoms with Crippen LogP contribution in [0.3, 0.4) is 0 Å². The van der Waals surface area contributed by atoms with Crippen LogP contribution in [-0.4, -0.2) is 38.8 Å². The minimum Gasteiger partial charge on any atom is -0.452 e. The summed E-state index contributed by atoms with van der Waals surface area (Å²) in [6.07, 6.45) is 0. The maximum Gasteiger partial charge on any atom is 0.338 e. The van der Waals surface area contributed by atoms with Gasteiger partial charge in [0.15, 0.2) is 6.61 Å². The lowest BCUT2D eigenvalue weighted by Gasteiger charge is -2.25. The molecule has 3 aromatic carbocycles. The van der Waals surface area contributed by atoms with Crippen molar-refractivity contribution in [3.8, 4) is 0 Å². The fourth-order valence-corrected chi connectivity index (χ4v) is 4.03. The topological polar surface area (TPSA) is 92.8 Å². The van der Waals surface area contributed by atoms with E-state index < -0.39 is 22.6 Å². The number of benzene rings is 3. The van der Waals surface area contributed by atoms with Crippen LogP contribution in [0, 0.1) is 0 Å². The summed E-state index contributed by atoms with van der Waals surface area (Å²) in [5.41, 5.74) is 1.55. The maximum atomic E-state index is 12.5. The normalized spacial score (nSPS) is 11.9. The largest absolute Gasteiger partial charge is 0.452 e. The van der Waals surface area contributed by atoms with Gasteiger partial charge in [-0.25, -0.2) is 13.2 Å². The van der Waals surface area contributed by atoms with E-state index in [0.29, 0.717) is 5.69 Å². The molecule has 8 heteroatoms. The van der Waals surface area contributed by atoms with Crippen molar-refractivity contribution in [1.82, 2.24) is 4.90 Å². The molecule has 3 rings (SSSR count). The van der Waals surface area contributed by atoms with Crippen LogP contribution in [0.2, 0.25) is 0 Å². The van der Waals surface area contributed by atoms with Crippen LogP contribution in [0.5, 0.6) is 0 Å². The van der Waals surface area contributed by atoms with Gasteiger partial charge in [-0.1, -0.05) is 48.5 Å². The van der Waals surface area contributed by atoms with Gasteiger partial charge >= 0.3 is 5.97 Å². The number of carbonyl (C=O) groups is 2. The molecule has 0 radical (unpaired) electrons. The van der Waals surface area contributed by atoms with Crippen molar-refractivity contribution in [3.63, 3.8) is 0 Å². The van der Waals surface area contributed by atoms with Gasteiger partial charge in [0, 0.05) is 12.7 Å². The number of amides is 1. The lowest BCUT2D eigenvalue weighted by atomic mass is 10.1. The summed E-state index contributed by atoms with van der Waals surface area (Å²) in [4.78, 5) is 26.2. The molecule has 0 heterocycles. The van der Waals surface area contributed by atoms with Gasteiger partial charge in [0.25, 0.3) is 15.9 Å². The standard InChI is InChI=1S/C24H24N2O5S/c1-18(19-9-5-3-6-10-19)26(2)23(27)17-31-24(28)20-13-15-22(16-14-20)32(29,30)25-21-11-7-4-8-12-21/h3-16,18,25H,17H2,1-2H3. The molecule has 1 unspecified atom stereocenters. The number of esters is 1. The van der Waals surface area contributed by atoms with Crippen molar-refractivity contribution in [2.24, 2.45) is 0 Å². The fourth-order valence-electron chi connectivity index (χ4n) is 2.97. The van der Waals surface area contributed by atoms with Gasteiger partial charge in [-0.05, 0) is 48.9 Å². The number of ether oxygens (including phenoxy) is 1. The lowest BCUT2D eigenvalue weighted by Crippen LogP contribution is -2.33. The van der Waals surface area contributed by atoms with Gasteiger partial charge in [-0.2, -0.15) is 0 Å². The Balaban J connectivity index is 1.58. The molecular formula is C24H24N2O5S. The first-order valence-electron chi connectivity index (χ1n) is 9.93. The summed E-state index contributed by atoms with van der Waals surface area (Å²) in [7, 11) is -2.15. The second-order valence-corrected chi connectivity index (χ2v) is 8.85. The van der Waals surface area contributed by atoms with Crippen LogP contribution in [0.4, 0.5) is 5.69 Å². The number of nitrogens with zero attached hydrogens (tertiary/aromatic N) is 1. The van der Waals surface area contributed by atoms with E-state index >= 15 is 0 Å². The Morgan fingerprint density at radius 3 is 2.06 bits per heavy atom. The molecule has 7 nitrogen and oxygen atoms in total. The predicted molar refractivity (Wildman–Crippen MR) is 122 cm³/mol. The smallest absolute Gasteiger partial charge is 0.338 e. The van der Waals surface area contributed by atoms with Crippen molar-refractivity contribution < 1.29 is 22.7 Å². The summed E-state index contributed by atoms with van der Waals surface area (Å²) in [6, 6.07) is 23.2. The van der Waals surface area contributed by atoms with Crippen molar-refractivity contribution >= 4 is 27.6 Å². The Hall–Kier alpha value is -3.65. The fraction of sp³-hybridized carbons (Fsp3) is 0.167. The third-order valence-corrected chi connectivity index (χ3v) is 6.41. The minimum absolute atomic E-state index is 0.00500. The first kappa shape index (κ1) is 23.0. The number of nitrogens with one attached hydrogen (secondary N) is 1. The van der Waals surface area contributed by atoms with E-state index in [0.717, 1.165) is 5.56 Å². The summed E-state index contributed by atoms with van der Waals surface area (Å²) in [6.45, 7) is 1.47. The molecule has 166 valence electrons. The molecule has 0 aliphatic heterocycles. The Bertz CT molecular complexity index is 1160. The molecule has 0 saturated carbocycles. The summed E-state index contributed by atoms with van der Waals surface area (Å²) >= 11 is 0. The average Bonchev–Trinajstić information content (AvgIpc) is 2.82. The van der Waals surface area contributed by atoms with Gasteiger partial charge in [0.1, 0.15) is 0 Å². The van der Waals surface area contributed by atoms with E-state index in [1.54, 1.807) is 37.4 Å². The van der Waals surface area contributed by atoms with Crippen molar-refractivity contribution in [2.45, 2.75) is 17.9 Å². The molecule has 0 aliphatic carbocycles. The van der Waals surface area contributed by atoms with Gasteiger partial charge in [-0.15, -0.1) is 0 Å². The second-order valence-electron chi connectivity index (χ2n) is 7.16. The molecule has 0 saturated heterocycles. The number of anilines is 1. The molecule has 0 bridgehead atoms. The first-order chi connectivity index (χ1) is 15.3. The lowest BCUT2D eigenvalue weighted by molar-refractivity contribution is -0.135. The van der Waals surface area contributed by atoms with E-state index in [4.69, 9.17) is 4.74 Å². The van der Waals surface area contributed by atoms with E-state index in [2.05, 4.69) is 4.72 Å². The highest BCUT2D eigenvalue weighted by molar-refractivity contribution is 7.92. The molecule has 1 N–H and O–H groups in total. The quantitative estimate of drug-likeness (QED) is 0.524. The summed E-state index contributed by atoms with van der Waals surface area (Å²) in [5, 5.41) is 0. The minimum atomic E-state index is -3.79. The SMILES string of the molecule is CC(c1ccccc1)N(C)C(=O)COC(=O)c1ccc(S(=O)(=O)Nc2ccccc2)cc1. The van der Waals surface area contributed by atoms with Gasteiger partial charge < -0.3 is 9.64 Å². The molecule has 3 aromatic rings. The second kappa shape index (κ2) is 10.1. The van der Waals surface area contributed by atoms with Gasteiger partial charge in [-0.3, -0.25) is 9.52 Å². The van der Waals surface area contributed by atoms with E-state index in [9.17, 15) is 18.0 Å². The van der Waals surface area contributed by atoms with Crippen LogP contribution >= 0.6 is 0 Å². The highest BCUT2D eigenvalue weighted by atomic mass is 32.2. The Kier molecular flexibility index (Phi) is 7.27. The third kappa shape index (κ3) is 5.73. The number of carbonyl (C=O) groups excluding carboxylic acids is 2. The molecule has 1 amide bonds. The van der Waals surface area contributed by atoms with Crippen molar-refractivity contribution in [2.75, 3.05) is 18.4 Å². The van der Waals surface area contributed by atoms with Gasteiger partial charge in [0.05, 0.1) is 16.5 Å². The number of rotatable bonds is 8. The number of hydrogen-bond acceptors (Lipinski definition) is 5. The number of sulfonamides is 1. The molecule has 0 fully saturated rings. The zero-order chi connectivity index (χ0) is 23.1. The molecule has 1 atom stereocenters. The van der Waals surface area contributed by atoms with Crippen molar-refractivity contribution in [3.05, 3.63) is 96.1 Å². The monoisotopic (exact) mass is 452 g/mol. The predicted octanol–water partition coefficient (Wildman–Crippen LogP) is 3.86. The zero-order valence-electron chi connectivity index (χ0n) is 17.8. The first-order valence-corrected chi connectivity index (χ1v) is 11.4. The highest BCUT2D eigenvalue weighted by Crippen LogP contribution is 2.19. The number of hydrogen-bond donors (Lipinski definition) is 1. The van der Waals surface area contributed by atoms with Crippen LogP contribution < -0.4 is 4.72 Å². The highest BCUT2D eigenvalue weighted by Gasteiger charge is 2.20. The molecule has 0 aromatic heterocycles. The average molecular weight is 453 g/mol. The third-order valence-electron chi connectivity index (χ3n) is 5.01. The molecule has 32 heavy (non-hydrogen) atoms. The summed E-state index contributed by atoms with van der Waals surface area (Å²) in [5.74, 6) is -1.06. The van der Waals surface area contributed by atoms with Crippen LogP contribution in [0.15, 0.2) is 89.8 Å². The number of para-hydroxylation sites is 1. The Morgan fingerprint density at radius 1 is 0.906 bits per heavy atom. The van der Waals surface area contributed by atoms with Gasteiger partial charge in [0.2, 0.25) is 0 Å². The number of likely N-dealkylation sites (N-methyl/N-ethyl adjacent to an activating group) is 1. The molecule has 0 spiro atoms. The van der Waals surface area contributed by atoms with Crippen LogP contribution in [0.1, 0.15) is 28.9 Å². The maximum absolute atomic E-state index is 12.5. The summed E-state index contributed by atoms with van der Waals surface area (Å²) < 4.78 is 32.5. The van der Waals surface area contributed by atoms with E-state index in [1.165, 1.54) is 29.2 Å². The Morgan fingerprint density at radius 2 is 1.47 bits per heavy atom. The van der Waals surface area contributed by atoms with E-state index in [1.807, 2.05) is 37.3 Å². The van der Waals surface area contributed by atoms with Crippen LogP contribution in [0.25, 0.3) is 0 Å². The van der Waals surface area contributed by atoms with E-state index in [-0.39, 0.29) is 22.4 Å².